The summed E-state index contributed by atoms with van der Waals surface area (Å²) in [4.78, 5) is 36.9. The van der Waals surface area contributed by atoms with Crippen LogP contribution in [0.15, 0.2) is 53.4 Å². The average molecular weight is 413 g/mol. The van der Waals surface area contributed by atoms with Crippen molar-refractivity contribution in [3.63, 3.8) is 0 Å². The molecule has 3 rings (SSSR count). The first-order valence-electron chi connectivity index (χ1n) is 9.28. The van der Waals surface area contributed by atoms with Gasteiger partial charge < -0.3 is 20.7 Å². The third-order valence-electron chi connectivity index (χ3n) is 4.28. The number of esters is 1. The van der Waals surface area contributed by atoms with Crippen molar-refractivity contribution >= 4 is 41.0 Å². The Morgan fingerprint density at radius 2 is 1.62 bits per heavy atom. The summed E-state index contributed by atoms with van der Waals surface area (Å²) < 4.78 is 4.75. The summed E-state index contributed by atoms with van der Waals surface area (Å²) in [5.74, 6) is -0.628. The van der Waals surface area contributed by atoms with E-state index >= 15 is 0 Å². The van der Waals surface area contributed by atoms with E-state index in [4.69, 9.17) is 4.74 Å². The van der Waals surface area contributed by atoms with E-state index in [1.54, 1.807) is 49.4 Å². The first kappa shape index (κ1) is 20.7. The monoisotopic (exact) mass is 413 g/mol. The zero-order valence-electron chi connectivity index (χ0n) is 16.2. The molecule has 8 heteroatoms. The molecule has 0 aliphatic heterocycles. The van der Waals surface area contributed by atoms with Crippen LogP contribution in [0.3, 0.4) is 0 Å². The molecule has 3 N–H and O–H groups in total. The normalized spacial score (nSPS) is 13.9. The fourth-order valence-electron chi connectivity index (χ4n) is 2.58. The van der Waals surface area contributed by atoms with Crippen molar-refractivity contribution in [2.45, 2.75) is 36.0 Å². The Hall–Kier alpha value is -3.00. The molecule has 152 valence electrons. The van der Waals surface area contributed by atoms with Gasteiger partial charge in [0.05, 0.1) is 12.7 Å². The molecule has 1 unspecified atom stereocenters. The van der Waals surface area contributed by atoms with Crippen LogP contribution in [0, 0.1) is 0 Å². The molecule has 3 amide bonds. The lowest BCUT2D eigenvalue weighted by Gasteiger charge is -2.13. The number of amides is 3. The molecule has 2 aromatic rings. The Balaban J connectivity index is 1.62. The maximum absolute atomic E-state index is 12.7. The molecular formula is C21H23N3O4S. The summed E-state index contributed by atoms with van der Waals surface area (Å²) in [7, 11) is 1.34. The predicted octanol–water partition coefficient (Wildman–Crippen LogP) is 3.88. The number of hydrogen-bond donors (Lipinski definition) is 3. The van der Waals surface area contributed by atoms with Gasteiger partial charge in [-0.15, -0.1) is 11.8 Å². The molecule has 0 bridgehead atoms. The number of carbonyl (C=O) groups is 3. The number of methoxy groups -OCH3 is 1. The van der Waals surface area contributed by atoms with Gasteiger partial charge in [-0.3, -0.25) is 9.59 Å². The van der Waals surface area contributed by atoms with E-state index in [1.165, 1.54) is 18.9 Å². The molecule has 1 aliphatic rings. The fraction of sp³-hybridized carbons (Fsp3) is 0.286. The van der Waals surface area contributed by atoms with E-state index in [-0.39, 0.29) is 23.9 Å². The quantitative estimate of drug-likeness (QED) is 0.473. The van der Waals surface area contributed by atoms with Crippen molar-refractivity contribution in [3.05, 3.63) is 54.1 Å². The average Bonchev–Trinajstić information content (AvgIpc) is 3.53. The van der Waals surface area contributed by atoms with Crippen LogP contribution in [0.2, 0.25) is 0 Å². The number of urea groups is 1. The van der Waals surface area contributed by atoms with Crippen molar-refractivity contribution in [3.8, 4) is 0 Å². The minimum atomic E-state index is -0.430. The molecule has 7 nitrogen and oxygen atoms in total. The largest absolute Gasteiger partial charge is 0.468 e. The highest BCUT2D eigenvalue weighted by Gasteiger charge is 2.23. The highest BCUT2D eigenvalue weighted by Crippen LogP contribution is 2.28. The third-order valence-corrected chi connectivity index (χ3v) is 5.44. The van der Waals surface area contributed by atoms with Gasteiger partial charge in [0.25, 0.3) is 5.91 Å². The predicted molar refractivity (Wildman–Crippen MR) is 113 cm³/mol. The van der Waals surface area contributed by atoms with Gasteiger partial charge in [-0.25, -0.2) is 4.79 Å². The zero-order chi connectivity index (χ0) is 20.8. The molecule has 1 fully saturated rings. The van der Waals surface area contributed by atoms with Gasteiger partial charge in [-0.1, -0.05) is 12.1 Å². The maximum atomic E-state index is 12.7. The lowest BCUT2D eigenvalue weighted by Crippen LogP contribution is -2.30. The van der Waals surface area contributed by atoms with Crippen LogP contribution in [-0.2, 0) is 9.53 Å². The summed E-state index contributed by atoms with van der Waals surface area (Å²) in [6.07, 6.45) is 2.05. The molecule has 1 atom stereocenters. The molecule has 1 aliphatic carbocycles. The van der Waals surface area contributed by atoms with Crippen molar-refractivity contribution in [1.29, 1.82) is 0 Å². The molecule has 0 aromatic heterocycles. The maximum Gasteiger partial charge on any atom is 0.319 e. The molecule has 0 saturated heterocycles. The number of rotatable bonds is 7. The van der Waals surface area contributed by atoms with Crippen molar-refractivity contribution in [2.75, 3.05) is 17.7 Å². The molecule has 1 saturated carbocycles. The minimum absolute atomic E-state index is 0.227. The Labute approximate surface area is 173 Å². The Kier molecular flexibility index (Phi) is 6.77. The van der Waals surface area contributed by atoms with Crippen LogP contribution in [0.4, 0.5) is 16.2 Å². The number of nitrogens with one attached hydrogen (secondary N) is 3. The molecule has 0 spiro atoms. The van der Waals surface area contributed by atoms with Gasteiger partial charge in [0.1, 0.15) is 5.25 Å². The lowest BCUT2D eigenvalue weighted by atomic mass is 10.2. The summed E-state index contributed by atoms with van der Waals surface area (Å²) in [5.41, 5.74) is 1.72. The number of benzene rings is 2. The molecule has 0 heterocycles. The number of anilines is 2. The standard InChI is InChI=1S/C21H23N3O4S/c1-13(20(26)28-2)29-18-6-4-3-5-17(18)19(25)22-14-7-9-15(10-8-14)23-21(27)24-16-11-12-16/h3-10,13,16H,11-12H2,1-2H3,(H,22,25)(H2,23,24,27). The second-order valence-electron chi connectivity index (χ2n) is 6.68. The van der Waals surface area contributed by atoms with Crippen LogP contribution in [0.25, 0.3) is 0 Å². The van der Waals surface area contributed by atoms with Crippen LogP contribution < -0.4 is 16.0 Å². The Bertz CT molecular complexity index is 897. The van der Waals surface area contributed by atoms with Gasteiger partial charge in [0.2, 0.25) is 0 Å². The van der Waals surface area contributed by atoms with Crippen molar-refractivity contribution in [2.24, 2.45) is 0 Å². The Morgan fingerprint density at radius 3 is 2.24 bits per heavy atom. The van der Waals surface area contributed by atoms with Crippen LogP contribution in [0.5, 0.6) is 0 Å². The number of carbonyl (C=O) groups excluding carboxylic acids is 3. The topological polar surface area (TPSA) is 96.5 Å². The number of ether oxygens (including phenoxy) is 1. The van der Waals surface area contributed by atoms with Gasteiger partial charge in [-0.2, -0.15) is 0 Å². The van der Waals surface area contributed by atoms with E-state index in [1.807, 2.05) is 6.07 Å². The molecule has 2 aromatic carbocycles. The summed E-state index contributed by atoms with van der Waals surface area (Å²) in [6.45, 7) is 1.73. The van der Waals surface area contributed by atoms with Crippen molar-refractivity contribution < 1.29 is 19.1 Å². The van der Waals surface area contributed by atoms with E-state index in [0.717, 1.165) is 12.8 Å². The highest BCUT2D eigenvalue weighted by atomic mass is 32.2. The highest BCUT2D eigenvalue weighted by molar-refractivity contribution is 8.00. The molecule has 0 radical (unpaired) electrons. The van der Waals surface area contributed by atoms with Crippen LogP contribution in [0.1, 0.15) is 30.1 Å². The summed E-state index contributed by atoms with van der Waals surface area (Å²) in [6, 6.07) is 14.0. The van der Waals surface area contributed by atoms with E-state index in [2.05, 4.69) is 16.0 Å². The first-order valence-corrected chi connectivity index (χ1v) is 10.2. The lowest BCUT2D eigenvalue weighted by molar-refractivity contribution is -0.139. The zero-order valence-corrected chi connectivity index (χ0v) is 17.0. The van der Waals surface area contributed by atoms with Gasteiger partial charge in [0, 0.05) is 22.3 Å². The minimum Gasteiger partial charge on any atom is -0.468 e. The summed E-state index contributed by atoms with van der Waals surface area (Å²) >= 11 is 1.27. The number of hydrogen-bond acceptors (Lipinski definition) is 5. The number of thioether (sulfide) groups is 1. The second kappa shape index (κ2) is 9.47. The molecule has 29 heavy (non-hydrogen) atoms. The van der Waals surface area contributed by atoms with Gasteiger partial charge in [-0.05, 0) is 56.2 Å². The van der Waals surface area contributed by atoms with E-state index in [0.29, 0.717) is 21.8 Å². The van der Waals surface area contributed by atoms with E-state index < -0.39 is 5.25 Å². The third kappa shape index (κ3) is 5.99. The van der Waals surface area contributed by atoms with E-state index in [9.17, 15) is 14.4 Å². The summed E-state index contributed by atoms with van der Waals surface area (Å²) in [5, 5.41) is 8.02. The second-order valence-corrected chi connectivity index (χ2v) is 8.07. The van der Waals surface area contributed by atoms with Crippen LogP contribution >= 0.6 is 11.8 Å². The van der Waals surface area contributed by atoms with Gasteiger partial charge >= 0.3 is 12.0 Å². The van der Waals surface area contributed by atoms with Gasteiger partial charge in [0.15, 0.2) is 0 Å². The fourth-order valence-corrected chi connectivity index (χ4v) is 3.60. The van der Waals surface area contributed by atoms with Crippen molar-refractivity contribution in [1.82, 2.24) is 5.32 Å². The first-order chi connectivity index (χ1) is 14.0. The smallest absolute Gasteiger partial charge is 0.319 e. The Morgan fingerprint density at radius 1 is 1.00 bits per heavy atom. The SMILES string of the molecule is COC(=O)C(C)Sc1ccccc1C(=O)Nc1ccc(NC(=O)NC2CC2)cc1. The van der Waals surface area contributed by atoms with Crippen LogP contribution in [-0.4, -0.2) is 36.3 Å². The molecular weight excluding hydrogens is 390 g/mol.